The maximum absolute atomic E-state index is 13.1. The lowest BCUT2D eigenvalue weighted by molar-refractivity contribution is -0.121. The molecule has 1 heterocycles. The topological polar surface area (TPSA) is 66.5 Å². The normalized spacial score (nSPS) is 15.7. The molecule has 168 valence electrons. The standard InChI is InChI=1S/C26H23ClN2O3S/c1-16-4-3-5-17(2)25(16)29-24(31)15-22(26(29)32)33-21-12-10-20(11-13-21)28-23(30)14-18-6-8-19(27)9-7-18/h3-13,22H,14-15H2,1-2H3,(H,28,30). The Hall–Kier alpha value is -3.09. The predicted octanol–water partition coefficient (Wildman–Crippen LogP) is 5.56. The van der Waals surface area contributed by atoms with Gasteiger partial charge in [-0.1, -0.05) is 41.9 Å². The molecule has 4 rings (SSSR count). The van der Waals surface area contributed by atoms with Crippen LogP contribution in [0.4, 0.5) is 11.4 Å². The van der Waals surface area contributed by atoms with Crippen molar-refractivity contribution >= 4 is 52.5 Å². The van der Waals surface area contributed by atoms with Crippen LogP contribution in [-0.2, 0) is 20.8 Å². The second kappa shape index (κ2) is 9.81. The fourth-order valence-electron chi connectivity index (χ4n) is 3.86. The summed E-state index contributed by atoms with van der Waals surface area (Å²) in [4.78, 5) is 40.2. The van der Waals surface area contributed by atoms with Gasteiger partial charge in [0, 0.05) is 22.0 Å². The molecule has 5 nitrogen and oxygen atoms in total. The first-order chi connectivity index (χ1) is 15.8. The Bertz CT molecular complexity index is 1190. The summed E-state index contributed by atoms with van der Waals surface area (Å²) in [5, 5.41) is 3.03. The summed E-state index contributed by atoms with van der Waals surface area (Å²) in [5.41, 5.74) is 4.04. The van der Waals surface area contributed by atoms with Crippen molar-refractivity contribution in [2.24, 2.45) is 0 Å². The number of halogens is 1. The van der Waals surface area contributed by atoms with Gasteiger partial charge in [-0.05, 0) is 66.9 Å². The quantitative estimate of drug-likeness (QED) is 0.471. The van der Waals surface area contributed by atoms with Crippen LogP contribution in [0.25, 0.3) is 0 Å². The van der Waals surface area contributed by atoms with Crippen LogP contribution in [0.15, 0.2) is 71.6 Å². The number of carbonyl (C=O) groups excluding carboxylic acids is 3. The first-order valence-electron chi connectivity index (χ1n) is 10.6. The van der Waals surface area contributed by atoms with Crippen LogP contribution in [0.2, 0.25) is 5.02 Å². The minimum absolute atomic E-state index is 0.126. The summed E-state index contributed by atoms with van der Waals surface area (Å²) in [5.74, 6) is -0.498. The van der Waals surface area contributed by atoms with E-state index in [9.17, 15) is 14.4 Å². The van der Waals surface area contributed by atoms with Crippen molar-refractivity contribution in [1.29, 1.82) is 0 Å². The molecule has 1 saturated heterocycles. The third-order valence-electron chi connectivity index (χ3n) is 5.46. The number of para-hydroxylation sites is 1. The van der Waals surface area contributed by atoms with Gasteiger partial charge in [0.05, 0.1) is 17.4 Å². The Morgan fingerprint density at radius 1 is 1.00 bits per heavy atom. The third kappa shape index (κ3) is 5.29. The maximum atomic E-state index is 13.1. The van der Waals surface area contributed by atoms with Crippen LogP contribution in [0.3, 0.4) is 0 Å². The molecule has 33 heavy (non-hydrogen) atoms. The molecule has 0 saturated carbocycles. The van der Waals surface area contributed by atoms with Gasteiger partial charge >= 0.3 is 0 Å². The zero-order valence-corrected chi connectivity index (χ0v) is 19.9. The molecule has 1 unspecified atom stereocenters. The molecular weight excluding hydrogens is 456 g/mol. The maximum Gasteiger partial charge on any atom is 0.247 e. The molecule has 3 amide bonds. The van der Waals surface area contributed by atoms with Crippen LogP contribution < -0.4 is 10.2 Å². The predicted molar refractivity (Wildman–Crippen MR) is 133 cm³/mol. The highest BCUT2D eigenvalue weighted by Gasteiger charge is 2.41. The van der Waals surface area contributed by atoms with E-state index < -0.39 is 5.25 Å². The molecule has 0 aromatic heterocycles. The Balaban J connectivity index is 1.39. The Labute approximate surface area is 202 Å². The number of nitrogens with one attached hydrogen (secondary N) is 1. The van der Waals surface area contributed by atoms with E-state index in [4.69, 9.17) is 11.6 Å². The Morgan fingerprint density at radius 3 is 2.27 bits per heavy atom. The van der Waals surface area contributed by atoms with Crippen molar-refractivity contribution in [1.82, 2.24) is 0 Å². The van der Waals surface area contributed by atoms with Crippen molar-refractivity contribution in [3.63, 3.8) is 0 Å². The molecule has 1 atom stereocenters. The van der Waals surface area contributed by atoms with Crippen LogP contribution in [0, 0.1) is 13.8 Å². The first-order valence-corrected chi connectivity index (χ1v) is 11.8. The highest BCUT2D eigenvalue weighted by Crippen LogP contribution is 2.36. The highest BCUT2D eigenvalue weighted by molar-refractivity contribution is 8.00. The molecule has 0 bridgehead atoms. The number of anilines is 2. The smallest absolute Gasteiger partial charge is 0.247 e. The summed E-state index contributed by atoms with van der Waals surface area (Å²) in [6, 6.07) is 20.2. The fourth-order valence-corrected chi connectivity index (χ4v) is 5.04. The second-order valence-corrected chi connectivity index (χ2v) is 9.71. The number of amides is 3. The molecule has 1 fully saturated rings. The molecule has 1 aliphatic heterocycles. The number of thioether (sulfide) groups is 1. The number of aryl methyl sites for hydroxylation is 2. The van der Waals surface area contributed by atoms with Crippen LogP contribution in [0.5, 0.6) is 0 Å². The minimum Gasteiger partial charge on any atom is -0.326 e. The Morgan fingerprint density at radius 2 is 1.64 bits per heavy atom. The lowest BCUT2D eigenvalue weighted by atomic mass is 10.1. The van der Waals surface area contributed by atoms with Gasteiger partial charge in [0.2, 0.25) is 17.7 Å². The van der Waals surface area contributed by atoms with Gasteiger partial charge in [-0.3, -0.25) is 14.4 Å². The minimum atomic E-state index is -0.471. The monoisotopic (exact) mass is 478 g/mol. The SMILES string of the molecule is Cc1cccc(C)c1N1C(=O)CC(Sc2ccc(NC(=O)Cc3ccc(Cl)cc3)cc2)C1=O. The summed E-state index contributed by atoms with van der Waals surface area (Å²) in [6.07, 6.45) is 0.414. The van der Waals surface area contributed by atoms with E-state index in [2.05, 4.69) is 5.32 Å². The molecular formula is C26H23ClN2O3S. The van der Waals surface area contributed by atoms with Gasteiger partial charge < -0.3 is 5.32 Å². The zero-order chi connectivity index (χ0) is 23.5. The lowest BCUT2D eigenvalue weighted by Gasteiger charge is -2.19. The number of hydrogen-bond acceptors (Lipinski definition) is 4. The average molecular weight is 479 g/mol. The molecule has 0 aliphatic carbocycles. The van der Waals surface area contributed by atoms with Crippen LogP contribution in [-0.4, -0.2) is 23.0 Å². The van der Waals surface area contributed by atoms with Gasteiger partial charge in [0.1, 0.15) is 0 Å². The molecule has 1 N–H and O–H groups in total. The first kappa shape index (κ1) is 23.1. The molecule has 3 aromatic carbocycles. The number of benzene rings is 3. The average Bonchev–Trinajstić information content (AvgIpc) is 3.04. The molecule has 3 aromatic rings. The number of nitrogens with zero attached hydrogens (tertiary/aromatic N) is 1. The largest absolute Gasteiger partial charge is 0.326 e. The van der Waals surface area contributed by atoms with E-state index in [-0.39, 0.29) is 30.6 Å². The van der Waals surface area contributed by atoms with E-state index in [0.717, 1.165) is 21.6 Å². The van der Waals surface area contributed by atoms with Crippen molar-refractivity contribution < 1.29 is 14.4 Å². The number of hydrogen-bond donors (Lipinski definition) is 1. The molecule has 7 heteroatoms. The molecule has 0 radical (unpaired) electrons. The van der Waals surface area contributed by atoms with E-state index in [0.29, 0.717) is 16.4 Å². The third-order valence-corrected chi connectivity index (χ3v) is 6.91. The van der Waals surface area contributed by atoms with E-state index in [1.54, 1.807) is 24.3 Å². The number of rotatable bonds is 6. The van der Waals surface area contributed by atoms with Crippen molar-refractivity contribution in [2.75, 3.05) is 10.2 Å². The Kier molecular flexibility index (Phi) is 6.86. The van der Waals surface area contributed by atoms with Crippen LogP contribution in [0.1, 0.15) is 23.1 Å². The van der Waals surface area contributed by atoms with E-state index in [1.807, 2.05) is 56.3 Å². The van der Waals surface area contributed by atoms with E-state index >= 15 is 0 Å². The van der Waals surface area contributed by atoms with E-state index in [1.165, 1.54) is 16.7 Å². The second-order valence-electron chi connectivity index (χ2n) is 7.99. The molecule has 0 spiro atoms. The van der Waals surface area contributed by atoms with Gasteiger partial charge in [0.25, 0.3) is 0 Å². The number of imide groups is 1. The van der Waals surface area contributed by atoms with Crippen molar-refractivity contribution in [3.8, 4) is 0 Å². The zero-order valence-electron chi connectivity index (χ0n) is 18.3. The summed E-state index contributed by atoms with van der Waals surface area (Å²) in [6.45, 7) is 3.81. The van der Waals surface area contributed by atoms with Crippen molar-refractivity contribution in [2.45, 2.75) is 36.8 Å². The summed E-state index contributed by atoms with van der Waals surface area (Å²) >= 11 is 7.25. The lowest BCUT2D eigenvalue weighted by Crippen LogP contribution is -2.32. The fraction of sp³-hybridized carbons (Fsp3) is 0.192. The van der Waals surface area contributed by atoms with Gasteiger partial charge in [-0.15, -0.1) is 11.8 Å². The summed E-state index contributed by atoms with van der Waals surface area (Å²) < 4.78 is 0. The van der Waals surface area contributed by atoms with Crippen molar-refractivity contribution in [3.05, 3.63) is 88.4 Å². The van der Waals surface area contributed by atoms with Gasteiger partial charge in [-0.2, -0.15) is 0 Å². The van der Waals surface area contributed by atoms with Gasteiger partial charge in [-0.25, -0.2) is 4.90 Å². The van der Waals surface area contributed by atoms with Crippen LogP contribution >= 0.6 is 23.4 Å². The summed E-state index contributed by atoms with van der Waals surface area (Å²) in [7, 11) is 0. The van der Waals surface area contributed by atoms with Gasteiger partial charge in [0.15, 0.2) is 0 Å². The molecule has 1 aliphatic rings. The highest BCUT2D eigenvalue weighted by atomic mass is 35.5. The number of carbonyl (C=O) groups is 3.